The molecule has 0 atom stereocenters. The summed E-state index contributed by atoms with van der Waals surface area (Å²) in [7, 11) is 0. The Morgan fingerprint density at radius 2 is 1.97 bits per heavy atom. The highest BCUT2D eigenvalue weighted by molar-refractivity contribution is 7.99. The average molecular weight is 410 g/mol. The van der Waals surface area contributed by atoms with E-state index in [9.17, 15) is 9.59 Å². The SMILES string of the molecule is O=C(CSc1nc(=O)n(Cc2ccco2)c2c1CCCC2)NCc1ccccc1. The molecule has 2 aromatic heterocycles. The molecule has 0 bridgehead atoms. The van der Waals surface area contributed by atoms with Crippen LogP contribution in [0.15, 0.2) is 63.0 Å². The fourth-order valence-corrected chi connectivity index (χ4v) is 4.48. The Morgan fingerprint density at radius 3 is 2.76 bits per heavy atom. The number of rotatable bonds is 7. The molecular formula is C22H23N3O3S. The van der Waals surface area contributed by atoms with E-state index in [0.717, 1.165) is 48.3 Å². The van der Waals surface area contributed by atoms with Gasteiger partial charge in [0.05, 0.1) is 18.6 Å². The van der Waals surface area contributed by atoms with E-state index in [4.69, 9.17) is 4.42 Å². The first kappa shape index (κ1) is 19.5. The van der Waals surface area contributed by atoms with Gasteiger partial charge in [0.15, 0.2) is 0 Å². The molecule has 0 radical (unpaired) electrons. The predicted molar refractivity (Wildman–Crippen MR) is 112 cm³/mol. The normalized spacial score (nSPS) is 13.1. The zero-order valence-corrected chi connectivity index (χ0v) is 16.9. The van der Waals surface area contributed by atoms with E-state index >= 15 is 0 Å². The lowest BCUT2D eigenvalue weighted by atomic mass is 9.97. The van der Waals surface area contributed by atoms with Gasteiger partial charge < -0.3 is 9.73 Å². The Kier molecular flexibility index (Phi) is 6.14. The largest absolute Gasteiger partial charge is 0.467 e. The summed E-state index contributed by atoms with van der Waals surface area (Å²) in [5.41, 5.74) is 2.90. The van der Waals surface area contributed by atoms with Gasteiger partial charge in [0, 0.05) is 17.8 Å². The van der Waals surface area contributed by atoms with E-state index in [1.165, 1.54) is 11.8 Å². The minimum Gasteiger partial charge on any atom is -0.467 e. The smallest absolute Gasteiger partial charge is 0.349 e. The van der Waals surface area contributed by atoms with Gasteiger partial charge in [-0.25, -0.2) is 4.79 Å². The third kappa shape index (κ3) is 4.79. The van der Waals surface area contributed by atoms with Gasteiger partial charge in [-0.1, -0.05) is 42.1 Å². The van der Waals surface area contributed by atoms with E-state index in [0.29, 0.717) is 18.1 Å². The van der Waals surface area contributed by atoms with E-state index in [2.05, 4.69) is 10.3 Å². The number of amides is 1. The van der Waals surface area contributed by atoms with Gasteiger partial charge in [0.25, 0.3) is 0 Å². The van der Waals surface area contributed by atoms with Gasteiger partial charge in [-0.05, 0) is 43.4 Å². The lowest BCUT2D eigenvalue weighted by molar-refractivity contribution is -0.118. The Morgan fingerprint density at radius 1 is 1.14 bits per heavy atom. The number of hydrogen-bond acceptors (Lipinski definition) is 5. The lowest BCUT2D eigenvalue weighted by Gasteiger charge is -2.22. The Hall–Kier alpha value is -2.80. The highest BCUT2D eigenvalue weighted by Gasteiger charge is 2.21. The standard InChI is InChI=1S/C22H23N3O3S/c26-20(23-13-16-7-2-1-3-8-16)15-29-21-18-10-4-5-11-19(18)25(22(27)24-21)14-17-9-6-12-28-17/h1-3,6-9,12H,4-5,10-11,13-15H2,(H,23,26). The summed E-state index contributed by atoms with van der Waals surface area (Å²) in [6.45, 7) is 0.889. The van der Waals surface area contributed by atoms with Gasteiger partial charge in [0.1, 0.15) is 10.8 Å². The molecule has 0 fully saturated rings. The van der Waals surface area contributed by atoms with Crippen LogP contribution in [0.3, 0.4) is 0 Å². The second-order valence-corrected chi connectivity index (χ2v) is 8.01. The summed E-state index contributed by atoms with van der Waals surface area (Å²) in [6.07, 6.45) is 5.46. The molecule has 2 heterocycles. The zero-order valence-electron chi connectivity index (χ0n) is 16.1. The maximum atomic E-state index is 12.7. The van der Waals surface area contributed by atoms with Crippen LogP contribution in [0.5, 0.6) is 0 Å². The molecule has 1 amide bonds. The summed E-state index contributed by atoms with van der Waals surface area (Å²) in [6, 6.07) is 13.5. The molecule has 0 saturated carbocycles. The number of hydrogen-bond donors (Lipinski definition) is 1. The summed E-state index contributed by atoms with van der Waals surface area (Å²) >= 11 is 1.35. The first-order valence-corrected chi connectivity index (χ1v) is 10.8. The van der Waals surface area contributed by atoms with E-state index in [1.54, 1.807) is 10.8 Å². The number of benzene rings is 1. The van der Waals surface area contributed by atoms with Crippen LogP contribution in [-0.4, -0.2) is 21.2 Å². The van der Waals surface area contributed by atoms with Gasteiger partial charge >= 0.3 is 5.69 Å². The monoisotopic (exact) mass is 409 g/mol. The van der Waals surface area contributed by atoms with Crippen LogP contribution in [-0.2, 0) is 30.7 Å². The van der Waals surface area contributed by atoms with Crippen molar-refractivity contribution < 1.29 is 9.21 Å². The van der Waals surface area contributed by atoms with Crippen LogP contribution in [0.25, 0.3) is 0 Å². The molecule has 7 heteroatoms. The fraction of sp³-hybridized carbons (Fsp3) is 0.318. The molecule has 0 spiro atoms. The number of carbonyl (C=O) groups is 1. The van der Waals surface area contributed by atoms with Crippen molar-refractivity contribution in [2.24, 2.45) is 0 Å². The van der Waals surface area contributed by atoms with Crippen molar-refractivity contribution in [2.75, 3.05) is 5.75 Å². The molecule has 6 nitrogen and oxygen atoms in total. The summed E-state index contributed by atoms with van der Waals surface area (Å²) in [4.78, 5) is 29.3. The lowest BCUT2D eigenvalue weighted by Crippen LogP contribution is -2.31. The molecule has 0 unspecified atom stereocenters. The zero-order chi connectivity index (χ0) is 20.1. The molecule has 0 aliphatic heterocycles. The van der Waals surface area contributed by atoms with Crippen LogP contribution < -0.4 is 11.0 Å². The molecule has 1 aliphatic rings. The van der Waals surface area contributed by atoms with Crippen molar-refractivity contribution >= 4 is 17.7 Å². The summed E-state index contributed by atoms with van der Waals surface area (Å²) in [5.74, 6) is 0.917. The van der Waals surface area contributed by atoms with Crippen LogP contribution >= 0.6 is 11.8 Å². The third-order valence-electron chi connectivity index (χ3n) is 5.02. The number of nitrogens with zero attached hydrogens (tertiary/aromatic N) is 2. The molecule has 0 saturated heterocycles. The van der Waals surface area contributed by atoms with Crippen LogP contribution in [0.2, 0.25) is 0 Å². The van der Waals surface area contributed by atoms with Crippen molar-refractivity contribution in [1.82, 2.24) is 14.9 Å². The topological polar surface area (TPSA) is 77.1 Å². The number of nitrogens with one attached hydrogen (secondary N) is 1. The molecular weight excluding hydrogens is 386 g/mol. The Balaban J connectivity index is 1.47. The highest BCUT2D eigenvalue weighted by Crippen LogP contribution is 2.28. The summed E-state index contributed by atoms with van der Waals surface area (Å²) < 4.78 is 7.13. The van der Waals surface area contributed by atoms with Crippen LogP contribution in [0.1, 0.15) is 35.4 Å². The quantitative estimate of drug-likeness (QED) is 0.479. The number of aromatic nitrogens is 2. The van der Waals surface area contributed by atoms with E-state index < -0.39 is 0 Å². The molecule has 3 aromatic rings. The number of thioether (sulfide) groups is 1. The van der Waals surface area contributed by atoms with Crippen molar-refractivity contribution in [2.45, 2.75) is 43.8 Å². The number of fused-ring (bicyclic) bond motifs is 1. The van der Waals surface area contributed by atoms with E-state index in [1.807, 2.05) is 42.5 Å². The van der Waals surface area contributed by atoms with Gasteiger partial charge in [-0.3, -0.25) is 9.36 Å². The fourth-order valence-electron chi connectivity index (χ4n) is 3.57. The van der Waals surface area contributed by atoms with E-state index in [-0.39, 0.29) is 17.3 Å². The second kappa shape index (κ2) is 9.13. The minimum atomic E-state index is -0.283. The van der Waals surface area contributed by atoms with Gasteiger partial charge in [0.2, 0.25) is 5.91 Å². The molecule has 1 N–H and O–H groups in total. The van der Waals surface area contributed by atoms with Crippen molar-refractivity contribution in [3.8, 4) is 0 Å². The maximum absolute atomic E-state index is 12.7. The van der Waals surface area contributed by atoms with Crippen molar-refractivity contribution in [3.05, 3.63) is 81.8 Å². The molecule has 29 heavy (non-hydrogen) atoms. The summed E-state index contributed by atoms with van der Waals surface area (Å²) in [5, 5.41) is 3.61. The molecule has 4 rings (SSSR count). The van der Waals surface area contributed by atoms with Gasteiger partial charge in [-0.15, -0.1) is 0 Å². The Bertz CT molecular complexity index is 1030. The Labute approximate surface area is 173 Å². The molecule has 1 aromatic carbocycles. The first-order chi connectivity index (χ1) is 14.2. The van der Waals surface area contributed by atoms with Gasteiger partial charge in [-0.2, -0.15) is 4.98 Å². The predicted octanol–water partition coefficient (Wildman–Crippen LogP) is 3.17. The third-order valence-corrected chi connectivity index (χ3v) is 6.03. The van der Waals surface area contributed by atoms with Crippen LogP contribution in [0.4, 0.5) is 0 Å². The molecule has 150 valence electrons. The molecule has 1 aliphatic carbocycles. The number of carbonyl (C=O) groups excluding carboxylic acids is 1. The minimum absolute atomic E-state index is 0.0648. The maximum Gasteiger partial charge on any atom is 0.349 e. The van der Waals surface area contributed by atoms with Crippen LogP contribution in [0, 0.1) is 0 Å². The van der Waals surface area contributed by atoms with Crippen molar-refractivity contribution in [1.29, 1.82) is 0 Å². The second-order valence-electron chi connectivity index (χ2n) is 7.05. The van der Waals surface area contributed by atoms with Crippen molar-refractivity contribution in [3.63, 3.8) is 0 Å². The highest BCUT2D eigenvalue weighted by atomic mass is 32.2. The first-order valence-electron chi connectivity index (χ1n) is 9.79. The number of furan rings is 1. The average Bonchev–Trinajstić information content (AvgIpc) is 3.27.